The smallest absolute Gasteiger partial charge is 0.250 e. The van der Waals surface area contributed by atoms with Crippen LogP contribution >= 0.6 is 0 Å². The second kappa shape index (κ2) is 6.16. The SMILES string of the molecule is CC(C)C(N)CC(=O)Nc1ccccc1C(N)=O. The molecule has 5 heteroatoms. The fourth-order valence-corrected chi connectivity index (χ4v) is 1.46. The van der Waals surface area contributed by atoms with Crippen molar-refractivity contribution in [3.63, 3.8) is 0 Å². The number of carbonyl (C=O) groups excluding carboxylic acids is 2. The van der Waals surface area contributed by atoms with Crippen molar-refractivity contribution in [2.75, 3.05) is 5.32 Å². The van der Waals surface area contributed by atoms with Gasteiger partial charge in [0.15, 0.2) is 0 Å². The second-order valence-corrected chi connectivity index (χ2v) is 4.57. The molecule has 98 valence electrons. The Hall–Kier alpha value is -1.88. The first-order valence-electron chi connectivity index (χ1n) is 5.86. The number of primary amides is 1. The molecule has 0 spiro atoms. The zero-order chi connectivity index (χ0) is 13.7. The molecule has 1 atom stereocenters. The molecular formula is C13H19N3O2. The number of para-hydroxylation sites is 1. The van der Waals surface area contributed by atoms with Gasteiger partial charge in [-0.05, 0) is 18.1 Å². The number of hydrogen-bond acceptors (Lipinski definition) is 3. The van der Waals surface area contributed by atoms with E-state index in [-0.39, 0.29) is 24.3 Å². The third-order valence-corrected chi connectivity index (χ3v) is 2.74. The number of amides is 2. The van der Waals surface area contributed by atoms with Gasteiger partial charge in [-0.25, -0.2) is 0 Å². The van der Waals surface area contributed by atoms with E-state index in [1.807, 2.05) is 13.8 Å². The first kappa shape index (κ1) is 14.2. The van der Waals surface area contributed by atoms with Crippen molar-refractivity contribution >= 4 is 17.5 Å². The number of nitrogens with one attached hydrogen (secondary N) is 1. The van der Waals surface area contributed by atoms with Gasteiger partial charge in [0.2, 0.25) is 5.91 Å². The molecule has 0 aromatic heterocycles. The highest BCUT2D eigenvalue weighted by Gasteiger charge is 2.15. The fraction of sp³-hybridized carbons (Fsp3) is 0.385. The van der Waals surface area contributed by atoms with Gasteiger partial charge in [0.05, 0.1) is 11.3 Å². The van der Waals surface area contributed by atoms with E-state index < -0.39 is 5.91 Å². The van der Waals surface area contributed by atoms with Crippen molar-refractivity contribution in [3.05, 3.63) is 29.8 Å². The van der Waals surface area contributed by atoms with E-state index >= 15 is 0 Å². The van der Waals surface area contributed by atoms with Gasteiger partial charge in [-0.3, -0.25) is 9.59 Å². The van der Waals surface area contributed by atoms with Crippen LogP contribution in [0.5, 0.6) is 0 Å². The number of anilines is 1. The Labute approximate surface area is 107 Å². The largest absolute Gasteiger partial charge is 0.366 e. The normalized spacial score (nSPS) is 12.2. The average molecular weight is 249 g/mol. The molecule has 0 saturated carbocycles. The summed E-state index contributed by atoms with van der Waals surface area (Å²) < 4.78 is 0. The molecule has 5 nitrogen and oxygen atoms in total. The van der Waals surface area contributed by atoms with E-state index in [2.05, 4.69) is 5.32 Å². The Bertz CT molecular complexity index is 444. The Morgan fingerprint density at radius 1 is 1.28 bits per heavy atom. The van der Waals surface area contributed by atoms with Crippen molar-refractivity contribution in [1.82, 2.24) is 0 Å². The van der Waals surface area contributed by atoms with E-state index in [1.54, 1.807) is 24.3 Å². The lowest BCUT2D eigenvalue weighted by atomic mass is 10.0. The molecule has 1 rings (SSSR count). The summed E-state index contributed by atoms with van der Waals surface area (Å²) in [6.45, 7) is 3.91. The first-order valence-corrected chi connectivity index (χ1v) is 5.86. The topological polar surface area (TPSA) is 98.2 Å². The number of hydrogen-bond donors (Lipinski definition) is 3. The average Bonchev–Trinajstić information content (AvgIpc) is 2.28. The molecule has 0 heterocycles. The summed E-state index contributed by atoms with van der Waals surface area (Å²) in [6, 6.07) is 6.42. The molecule has 2 amide bonds. The summed E-state index contributed by atoms with van der Waals surface area (Å²) in [7, 11) is 0. The van der Waals surface area contributed by atoms with Gasteiger partial charge in [0, 0.05) is 12.5 Å². The van der Waals surface area contributed by atoms with Crippen LogP contribution in [0.3, 0.4) is 0 Å². The molecule has 1 aromatic carbocycles. The third-order valence-electron chi connectivity index (χ3n) is 2.74. The number of carbonyl (C=O) groups is 2. The molecule has 0 aliphatic heterocycles. The lowest BCUT2D eigenvalue weighted by molar-refractivity contribution is -0.116. The highest BCUT2D eigenvalue weighted by atomic mass is 16.2. The van der Waals surface area contributed by atoms with Crippen LogP contribution in [0.4, 0.5) is 5.69 Å². The van der Waals surface area contributed by atoms with Gasteiger partial charge in [-0.15, -0.1) is 0 Å². The van der Waals surface area contributed by atoms with Crippen LogP contribution in [0.25, 0.3) is 0 Å². The van der Waals surface area contributed by atoms with E-state index in [9.17, 15) is 9.59 Å². The molecule has 0 aliphatic rings. The fourth-order valence-electron chi connectivity index (χ4n) is 1.46. The predicted octanol–water partition coefficient (Wildman–Crippen LogP) is 1.10. The highest BCUT2D eigenvalue weighted by Crippen LogP contribution is 2.15. The standard InChI is InChI=1S/C13H19N3O2/c1-8(2)10(14)7-12(17)16-11-6-4-3-5-9(11)13(15)18/h3-6,8,10H,7,14H2,1-2H3,(H2,15,18)(H,16,17). The number of rotatable bonds is 5. The summed E-state index contributed by atoms with van der Waals surface area (Å²) >= 11 is 0. The summed E-state index contributed by atoms with van der Waals surface area (Å²) in [4.78, 5) is 22.9. The van der Waals surface area contributed by atoms with E-state index in [1.165, 1.54) is 0 Å². The van der Waals surface area contributed by atoms with Gasteiger partial charge in [0.1, 0.15) is 0 Å². The molecule has 0 radical (unpaired) electrons. The maximum atomic E-state index is 11.8. The van der Waals surface area contributed by atoms with E-state index in [4.69, 9.17) is 11.5 Å². The molecular weight excluding hydrogens is 230 g/mol. The first-order chi connectivity index (χ1) is 8.41. The quantitative estimate of drug-likeness (QED) is 0.728. The molecule has 1 aromatic rings. The summed E-state index contributed by atoms with van der Waals surface area (Å²) in [5.74, 6) is -0.564. The molecule has 18 heavy (non-hydrogen) atoms. The van der Waals surface area contributed by atoms with Crippen LogP contribution < -0.4 is 16.8 Å². The number of nitrogens with two attached hydrogens (primary N) is 2. The minimum absolute atomic E-state index is 0.203. The summed E-state index contributed by atoms with van der Waals surface area (Å²) in [6.07, 6.45) is 0.213. The third kappa shape index (κ3) is 3.85. The zero-order valence-corrected chi connectivity index (χ0v) is 10.6. The zero-order valence-electron chi connectivity index (χ0n) is 10.6. The molecule has 5 N–H and O–H groups in total. The summed E-state index contributed by atoms with van der Waals surface area (Å²) in [5.41, 5.74) is 11.8. The molecule has 0 aliphatic carbocycles. The van der Waals surface area contributed by atoms with Crippen LogP contribution in [0.2, 0.25) is 0 Å². The summed E-state index contributed by atoms with van der Waals surface area (Å²) in [5, 5.41) is 2.66. The predicted molar refractivity (Wildman–Crippen MR) is 71.0 cm³/mol. The van der Waals surface area contributed by atoms with Crippen molar-refractivity contribution in [1.29, 1.82) is 0 Å². The lowest BCUT2D eigenvalue weighted by Gasteiger charge is -2.15. The van der Waals surface area contributed by atoms with Crippen molar-refractivity contribution < 1.29 is 9.59 Å². The Kier molecular flexibility index (Phi) is 4.85. The van der Waals surface area contributed by atoms with Gasteiger partial charge < -0.3 is 16.8 Å². The monoisotopic (exact) mass is 249 g/mol. The van der Waals surface area contributed by atoms with Gasteiger partial charge in [-0.1, -0.05) is 26.0 Å². The maximum absolute atomic E-state index is 11.8. The van der Waals surface area contributed by atoms with Gasteiger partial charge >= 0.3 is 0 Å². The Morgan fingerprint density at radius 3 is 2.44 bits per heavy atom. The second-order valence-electron chi connectivity index (χ2n) is 4.57. The van der Waals surface area contributed by atoms with Crippen LogP contribution in [0, 0.1) is 5.92 Å². The van der Waals surface area contributed by atoms with Crippen LogP contribution in [0.1, 0.15) is 30.6 Å². The lowest BCUT2D eigenvalue weighted by Crippen LogP contribution is -2.32. The maximum Gasteiger partial charge on any atom is 0.250 e. The van der Waals surface area contributed by atoms with Gasteiger partial charge in [-0.2, -0.15) is 0 Å². The van der Waals surface area contributed by atoms with E-state index in [0.717, 1.165) is 0 Å². The van der Waals surface area contributed by atoms with Crippen LogP contribution in [-0.4, -0.2) is 17.9 Å². The van der Waals surface area contributed by atoms with Crippen LogP contribution in [0.15, 0.2) is 24.3 Å². The van der Waals surface area contributed by atoms with Crippen molar-refractivity contribution in [2.45, 2.75) is 26.3 Å². The highest BCUT2D eigenvalue weighted by molar-refractivity contribution is 6.03. The van der Waals surface area contributed by atoms with Crippen LogP contribution in [-0.2, 0) is 4.79 Å². The van der Waals surface area contributed by atoms with E-state index in [0.29, 0.717) is 11.3 Å². The Morgan fingerprint density at radius 2 is 1.89 bits per heavy atom. The minimum atomic E-state index is -0.570. The Balaban J connectivity index is 2.73. The van der Waals surface area contributed by atoms with Crippen molar-refractivity contribution in [2.24, 2.45) is 17.4 Å². The molecule has 1 unspecified atom stereocenters. The number of benzene rings is 1. The molecule has 0 bridgehead atoms. The molecule has 0 saturated heterocycles. The van der Waals surface area contributed by atoms with Crippen molar-refractivity contribution in [3.8, 4) is 0 Å². The molecule has 0 fully saturated rings. The van der Waals surface area contributed by atoms with Gasteiger partial charge in [0.25, 0.3) is 5.91 Å². The minimum Gasteiger partial charge on any atom is -0.366 e.